The highest BCUT2D eigenvalue weighted by molar-refractivity contribution is 6.30. The number of anilines is 1. The van der Waals surface area contributed by atoms with Crippen molar-refractivity contribution < 1.29 is 4.79 Å². The number of aromatic nitrogens is 3. The molecule has 7 heteroatoms. The summed E-state index contributed by atoms with van der Waals surface area (Å²) in [5.41, 5.74) is 2.48. The fraction of sp³-hybridized carbons (Fsp3) is 0.333. The van der Waals surface area contributed by atoms with Crippen molar-refractivity contribution in [3.05, 3.63) is 71.1 Å². The third-order valence-corrected chi connectivity index (χ3v) is 6.03. The molecule has 4 rings (SSSR count). The van der Waals surface area contributed by atoms with Crippen molar-refractivity contribution >= 4 is 23.3 Å². The first-order chi connectivity index (χ1) is 15.0. The first-order valence-electron chi connectivity index (χ1n) is 10.6. The molecule has 3 heterocycles. The van der Waals surface area contributed by atoms with Crippen LogP contribution in [-0.2, 0) is 0 Å². The molecular weight excluding hydrogens is 410 g/mol. The molecule has 1 aromatic carbocycles. The molecule has 2 atom stereocenters. The maximum Gasteiger partial charge on any atom is 0.254 e. The van der Waals surface area contributed by atoms with Crippen LogP contribution in [0, 0.1) is 12.8 Å². The van der Waals surface area contributed by atoms with Gasteiger partial charge in [-0.15, -0.1) is 0 Å². The number of aryl methyl sites for hydroxylation is 1. The van der Waals surface area contributed by atoms with Gasteiger partial charge in [-0.05, 0) is 56.0 Å². The van der Waals surface area contributed by atoms with E-state index in [2.05, 4.69) is 27.2 Å². The molecule has 3 aromatic rings. The lowest BCUT2D eigenvalue weighted by atomic mass is 9.89. The van der Waals surface area contributed by atoms with Crippen LogP contribution in [0.5, 0.6) is 0 Å². The Morgan fingerprint density at radius 3 is 2.74 bits per heavy atom. The summed E-state index contributed by atoms with van der Waals surface area (Å²) < 4.78 is 0. The summed E-state index contributed by atoms with van der Waals surface area (Å²) in [6.45, 7) is 5.57. The van der Waals surface area contributed by atoms with Gasteiger partial charge in [-0.2, -0.15) is 0 Å². The standard InChI is InChI=1S/C24H26ClN5O/c1-16-6-8-19(20(13-16)23-26-10-4-11-27-23)24(31)30-12-3-5-17(2)21(30)15-29-22-9-7-18(25)14-28-22/h4,6-11,13-14,17,21H,3,5,12,15H2,1-2H3,(H,28,29). The van der Waals surface area contributed by atoms with Gasteiger partial charge in [-0.25, -0.2) is 15.0 Å². The summed E-state index contributed by atoms with van der Waals surface area (Å²) in [6, 6.07) is 11.4. The van der Waals surface area contributed by atoms with Crippen LogP contribution in [-0.4, -0.2) is 44.9 Å². The maximum atomic E-state index is 13.7. The third kappa shape index (κ3) is 4.85. The van der Waals surface area contributed by atoms with Gasteiger partial charge < -0.3 is 10.2 Å². The topological polar surface area (TPSA) is 71.0 Å². The van der Waals surface area contributed by atoms with Crippen LogP contribution < -0.4 is 5.32 Å². The predicted molar refractivity (Wildman–Crippen MR) is 123 cm³/mol. The third-order valence-electron chi connectivity index (χ3n) is 5.81. The number of amides is 1. The summed E-state index contributed by atoms with van der Waals surface area (Å²) in [6.07, 6.45) is 7.11. The number of hydrogen-bond donors (Lipinski definition) is 1. The van der Waals surface area contributed by atoms with Crippen LogP contribution in [0.15, 0.2) is 55.0 Å². The largest absolute Gasteiger partial charge is 0.368 e. The Hall–Kier alpha value is -2.99. The van der Waals surface area contributed by atoms with E-state index >= 15 is 0 Å². The quantitative estimate of drug-likeness (QED) is 0.620. The fourth-order valence-electron chi connectivity index (χ4n) is 4.12. The number of likely N-dealkylation sites (tertiary alicyclic amines) is 1. The first kappa shape index (κ1) is 21.2. The Kier molecular flexibility index (Phi) is 6.47. The average Bonchev–Trinajstić information content (AvgIpc) is 2.79. The fourth-order valence-corrected chi connectivity index (χ4v) is 4.24. The normalized spacial score (nSPS) is 18.6. The van der Waals surface area contributed by atoms with Crippen LogP contribution in [0.4, 0.5) is 5.82 Å². The van der Waals surface area contributed by atoms with E-state index < -0.39 is 0 Å². The van der Waals surface area contributed by atoms with Gasteiger partial charge in [0.1, 0.15) is 5.82 Å². The number of nitrogens with zero attached hydrogens (tertiary/aromatic N) is 4. The first-order valence-corrected chi connectivity index (χ1v) is 10.9. The van der Waals surface area contributed by atoms with Gasteiger partial charge in [0.2, 0.25) is 0 Å². The van der Waals surface area contributed by atoms with E-state index in [1.165, 1.54) is 0 Å². The zero-order chi connectivity index (χ0) is 21.8. The zero-order valence-electron chi connectivity index (χ0n) is 17.8. The van der Waals surface area contributed by atoms with Gasteiger partial charge in [0, 0.05) is 37.2 Å². The molecule has 1 fully saturated rings. The summed E-state index contributed by atoms with van der Waals surface area (Å²) in [5, 5.41) is 3.98. The van der Waals surface area contributed by atoms with Crippen molar-refractivity contribution in [2.45, 2.75) is 32.7 Å². The molecule has 0 spiro atoms. The molecular formula is C24H26ClN5O. The SMILES string of the molecule is Cc1ccc(C(=O)N2CCCC(C)C2CNc2ccc(Cl)cn2)c(-c2ncccn2)c1. The van der Waals surface area contributed by atoms with E-state index in [4.69, 9.17) is 11.6 Å². The number of piperidine rings is 1. The van der Waals surface area contributed by atoms with Crippen LogP contribution in [0.2, 0.25) is 5.02 Å². The Morgan fingerprint density at radius 1 is 1.19 bits per heavy atom. The van der Waals surface area contributed by atoms with E-state index in [0.29, 0.717) is 28.9 Å². The minimum atomic E-state index is 0.0184. The molecule has 2 aromatic heterocycles. The predicted octanol–water partition coefficient (Wildman–Crippen LogP) is 4.85. The van der Waals surface area contributed by atoms with Crippen LogP contribution >= 0.6 is 11.6 Å². The molecule has 6 nitrogen and oxygen atoms in total. The Balaban J connectivity index is 1.61. The number of halogens is 1. The number of rotatable bonds is 5. The summed E-state index contributed by atoms with van der Waals surface area (Å²) >= 11 is 5.94. The van der Waals surface area contributed by atoms with E-state index in [1.807, 2.05) is 42.2 Å². The summed E-state index contributed by atoms with van der Waals surface area (Å²) in [7, 11) is 0. The van der Waals surface area contributed by atoms with Gasteiger partial charge in [0.05, 0.1) is 16.6 Å². The number of carbonyl (C=O) groups excluding carboxylic acids is 1. The number of nitrogens with one attached hydrogen (secondary N) is 1. The van der Waals surface area contributed by atoms with Gasteiger partial charge in [-0.1, -0.05) is 30.2 Å². The maximum absolute atomic E-state index is 13.7. The van der Waals surface area contributed by atoms with Crippen molar-refractivity contribution in [1.29, 1.82) is 0 Å². The zero-order valence-corrected chi connectivity index (χ0v) is 18.5. The summed E-state index contributed by atoms with van der Waals surface area (Å²) in [4.78, 5) is 28.8. The highest BCUT2D eigenvalue weighted by Crippen LogP contribution is 2.29. The second kappa shape index (κ2) is 9.43. The molecule has 1 amide bonds. The molecule has 0 radical (unpaired) electrons. The molecule has 160 valence electrons. The molecule has 1 saturated heterocycles. The number of hydrogen-bond acceptors (Lipinski definition) is 5. The van der Waals surface area contributed by atoms with E-state index in [0.717, 1.165) is 36.3 Å². The Labute approximate surface area is 187 Å². The van der Waals surface area contributed by atoms with Crippen molar-refractivity contribution in [2.24, 2.45) is 5.92 Å². The molecule has 1 N–H and O–H groups in total. The lowest BCUT2D eigenvalue weighted by Gasteiger charge is -2.40. The van der Waals surface area contributed by atoms with Gasteiger partial charge in [-0.3, -0.25) is 4.79 Å². The molecule has 0 saturated carbocycles. The highest BCUT2D eigenvalue weighted by atomic mass is 35.5. The smallest absolute Gasteiger partial charge is 0.254 e. The molecule has 1 aliphatic rings. The lowest BCUT2D eigenvalue weighted by molar-refractivity contribution is 0.0540. The Morgan fingerprint density at radius 2 is 2.00 bits per heavy atom. The van der Waals surface area contributed by atoms with Crippen LogP contribution in [0.3, 0.4) is 0 Å². The van der Waals surface area contributed by atoms with Gasteiger partial charge >= 0.3 is 0 Å². The second-order valence-electron chi connectivity index (χ2n) is 8.05. The van der Waals surface area contributed by atoms with Crippen molar-refractivity contribution in [3.8, 4) is 11.4 Å². The van der Waals surface area contributed by atoms with Crippen molar-refractivity contribution in [3.63, 3.8) is 0 Å². The van der Waals surface area contributed by atoms with Crippen LogP contribution in [0.25, 0.3) is 11.4 Å². The molecule has 1 aliphatic heterocycles. The molecule has 2 unspecified atom stereocenters. The number of carbonyl (C=O) groups is 1. The lowest BCUT2D eigenvalue weighted by Crippen LogP contribution is -2.51. The molecule has 31 heavy (non-hydrogen) atoms. The van der Waals surface area contributed by atoms with Gasteiger partial charge in [0.15, 0.2) is 5.82 Å². The van der Waals surface area contributed by atoms with Crippen molar-refractivity contribution in [2.75, 3.05) is 18.4 Å². The van der Waals surface area contributed by atoms with Crippen LogP contribution in [0.1, 0.15) is 35.7 Å². The Bertz CT molecular complexity index is 1040. The van der Waals surface area contributed by atoms with E-state index in [-0.39, 0.29) is 11.9 Å². The second-order valence-corrected chi connectivity index (χ2v) is 8.49. The minimum absolute atomic E-state index is 0.0184. The molecule has 0 aliphatic carbocycles. The van der Waals surface area contributed by atoms with E-state index in [9.17, 15) is 4.79 Å². The van der Waals surface area contributed by atoms with Crippen molar-refractivity contribution in [1.82, 2.24) is 19.9 Å². The number of pyridine rings is 1. The summed E-state index contributed by atoms with van der Waals surface area (Å²) in [5.74, 6) is 1.71. The number of benzene rings is 1. The monoisotopic (exact) mass is 435 g/mol. The van der Waals surface area contributed by atoms with E-state index in [1.54, 1.807) is 24.7 Å². The highest BCUT2D eigenvalue weighted by Gasteiger charge is 2.33. The minimum Gasteiger partial charge on any atom is -0.368 e. The average molecular weight is 436 g/mol. The van der Waals surface area contributed by atoms with Gasteiger partial charge in [0.25, 0.3) is 5.91 Å². The molecule has 0 bridgehead atoms.